The number of piperidine rings is 1. The Kier molecular flexibility index (Phi) is 4.08. The number of rotatable bonds is 3. The van der Waals surface area contributed by atoms with E-state index in [0.717, 1.165) is 42.9 Å². The van der Waals surface area contributed by atoms with E-state index in [1.165, 1.54) is 0 Å². The highest BCUT2D eigenvalue weighted by atomic mass is 35.5. The van der Waals surface area contributed by atoms with Crippen molar-refractivity contribution >= 4 is 11.6 Å². The van der Waals surface area contributed by atoms with Crippen LogP contribution in [0.5, 0.6) is 0 Å². The van der Waals surface area contributed by atoms with Crippen LogP contribution in [0.25, 0.3) is 0 Å². The largest absolute Gasteiger partial charge is 0.385 e. The highest BCUT2D eigenvalue weighted by Gasteiger charge is 2.37. The van der Waals surface area contributed by atoms with Crippen LogP contribution in [0.4, 0.5) is 0 Å². The minimum Gasteiger partial charge on any atom is -0.385 e. The molecule has 1 unspecified atom stereocenters. The van der Waals surface area contributed by atoms with Gasteiger partial charge in [0.25, 0.3) is 0 Å². The van der Waals surface area contributed by atoms with Gasteiger partial charge in [0.15, 0.2) is 0 Å². The molecule has 1 atom stereocenters. The Morgan fingerprint density at radius 3 is 2.41 bits per heavy atom. The normalized spacial score (nSPS) is 21.1. The Morgan fingerprint density at radius 1 is 1.29 bits per heavy atom. The summed E-state index contributed by atoms with van der Waals surface area (Å²) in [5.74, 6) is 0.343. The first-order valence-electron chi connectivity index (χ1n) is 6.36. The Labute approximate surface area is 108 Å². The number of halogens is 1. The number of benzene rings is 1. The Hall–Kier alpha value is -0.570. The highest BCUT2D eigenvalue weighted by Crippen LogP contribution is 2.38. The Balaban J connectivity index is 2.25. The molecule has 0 aromatic heterocycles. The second-order valence-electron chi connectivity index (χ2n) is 4.81. The van der Waals surface area contributed by atoms with Crippen LogP contribution in [0.3, 0.4) is 0 Å². The summed E-state index contributed by atoms with van der Waals surface area (Å²) in [6.45, 7) is 4.05. The molecule has 0 spiro atoms. The predicted molar refractivity (Wildman–Crippen MR) is 71.2 cm³/mol. The SMILES string of the molecule is CCC(O)(c1ccc(Cl)cc1)C1CCNCC1. The number of hydrogen-bond acceptors (Lipinski definition) is 2. The molecule has 0 aliphatic carbocycles. The van der Waals surface area contributed by atoms with E-state index in [1.807, 2.05) is 24.3 Å². The zero-order chi connectivity index (χ0) is 12.3. The van der Waals surface area contributed by atoms with Gasteiger partial charge in [0, 0.05) is 5.02 Å². The summed E-state index contributed by atoms with van der Waals surface area (Å²) in [6.07, 6.45) is 2.82. The van der Waals surface area contributed by atoms with Crippen molar-refractivity contribution in [2.24, 2.45) is 5.92 Å². The first-order valence-corrected chi connectivity index (χ1v) is 6.73. The molecule has 1 aliphatic heterocycles. The molecular weight excluding hydrogens is 234 g/mol. The zero-order valence-electron chi connectivity index (χ0n) is 10.2. The van der Waals surface area contributed by atoms with Gasteiger partial charge in [0.05, 0.1) is 5.60 Å². The maximum atomic E-state index is 10.9. The molecule has 0 amide bonds. The molecule has 2 nitrogen and oxygen atoms in total. The second kappa shape index (κ2) is 5.38. The lowest BCUT2D eigenvalue weighted by molar-refractivity contribution is -0.0395. The maximum absolute atomic E-state index is 10.9. The van der Waals surface area contributed by atoms with Gasteiger partial charge in [-0.3, -0.25) is 0 Å². The van der Waals surface area contributed by atoms with Crippen molar-refractivity contribution in [3.8, 4) is 0 Å². The summed E-state index contributed by atoms with van der Waals surface area (Å²) in [7, 11) is 0. The summed E-state index contributed by atoms with van der Waals surface area (Å²) in [5, 5.41) is 15.0. The van der Waals surface area contributed by atoms with E-state index >= 15 is 0 Å². The average Bonchev–Trinajstić information content (AvgIpc) is 2.40. The molecule has 0 radical (unpaired) electrons. The van der Waals surface area contributed by atoms with Gasteiger partial charge < -0.3 is 10.4 Å². The molecule has 1 aromatic rings. The standard InChI is InChI=1S/C14H20ClNO/c1-2-14(17,12-7-9-16-10-8-12)11-3-5-13(15)6-4-11/h3-6,12,16-17H,2,7-10H2,1H3. The van der Waals surface area contributed by atoms with Crippen molar-refractivity contribution in [2.45, 2.75) is 31.8 Å². The fourth-order valence-electron chi connectivity index (χ4n) is 2.77. The molecule has 17 heavy (non-hydrogen) atoms. The van der Waals surface area contributed by atoms with Gasteiger partial charge in [-0.2, -0.15) is 0 Å². The van der Waals surface area contributed by atoms with Gasteiger partial charge in [0.1, 0.15) is 0 Å². The van der Waals surface area contributed by atoms with Gasteiger partial charge in [0.2, 0.25) is 0 Å². The topological polar surface area (TPSA) is 32.3 Å². The lowest BCUT2D eigenvalue weighted by Crippen LogP contribution is -2.41. The first kappa shape index (κ1) is 12.9. The van der Waals surface area contributed by atoms with Crippen LogP contribution >= 0.6 is 11.6 Å². The summed E-state index contributed by atoms with van der Waals surface area (Å²) >= 11 is 5.90. The van der Waals surface area contributed by atoms with Gasteiger partial charge in [-0.15, -0.1) is 0 Å². The lowest BCUT2D eigenvalue weighted by Gasteiger charge is -2.38. The summed E-state index contributed by atoms with van der Waals surface area (Å²) in [6, 6.07) is 7.62. The molecule has 94 valence electrons. The van der Waals surface area contributed by atoms with Crippen LogP contribution in [0, 0.1) is 5.92 Å². The maximum Gasteiger partial charge on any atom is 0.0922 e. The molecule has 1 saturated heterocycles. The van der Waals surface area contributed by atoms with Crippen LogP contribution in [0.1, 0.15) is 31.7 Å². The van der Waals surface area contributed by atoms with Crippen LogP contribution in [0.15, 0.2) is 24.3 Å². The van der Waals surface area contributed by atoms with Crippen molar-refractivity contribution < 1.29 is 5.11 Å². The van der Waals surface area contributed by atoms with Crippen LogP contribution < -0.4 is 5.32 Å². The van der Waals surface area contributed by atoms with E-state index in [2.05, 4.69) is 12.2 Å². The third-order valence-electron chi connectivity index (χ3n) is 3.90. The predicted octanol–water partition coefficient (Wildman–Crippen LogP) is 2.94. The molecule has 1 aliphatic rings. The lowest BCUT2D eigenvalue weighted by atomic mass is 9.75. The molecule has 1 heterocycles. The highest BCUT2D eigenvalue weighted by molar-refractivity contribution is 6.30. The van der Waals surface area contributed by atoms with Crippen molar-refractivity contribution in [3.05, 3.63) is 34.9 Å². The average molecular weight is 254 g/mol. The zero-order valence-corrected chi connectivity index (χ0v) is 11.0. The molecule has 2 N–H and O–H groups in total. The van der Waals surface area contributed by atoms with Gasteiger partial charge >= 0.3 is 0 Å². The minimum absolute atomic E-state index is 0.343. The summed E-state index contributed by atoms with van der Waals surface area (Å²) in [5.41, 5.74) is 0.295. The minimum atomic E-state index is -0.702. The summed E-state index contributed by atoms with van der Waals surface area (Å²) < 4.78 is 0. The van der Waals surface area contributed by atoms with Crippen molar-refractivity contribution in [1.82, 2.24) is 5.32 Å². The second-order valence-corrected chi connectivity index (χ2v) is 5.25. The fraction of sp³-hybridized carbons (Fsp3) is 0.571. The molecule has 0 saturated carbocycles. The van der Waals surface area contributed by atoms with Crippen LogP contribution in [0.2, 0.25) is 5.02 Å². The first-order chi connectivity index (χ1) is 8.16. The van der Waals surface area contributed by atoms with Crippen molar-refractivity contribution in [3.63, 3.8) is 0 Å². The monoisotopic (exact) mass is 253 g/mol. The van der Waals surface area contributed by atoms with Gasteiger partial charge in [-0.1, -0.05) is 30.7 Å². The van der Waals surface area contributed by atoms with Gasteiger partial charge in [-0.05, 0) is 56.0 Å². The van der Waals surface area contributed by atoms with Crippen molar-refractivity contribution in [1.29, 1.82) is 0 Å². The third-order valence-corrected chi connectivity index (χ3v) is 4.15. The molecule has 2 rings (SSSR count). The van der Waals surface area contributed by atoms with E-state index in [9.17, 15) is 5.11 Å². The van der Waals surface area contributed by atoms with Crippen LogP contribution in [-0.4, -0.2) is 18.2 Å². The third kappa shape index (κ3) is 2.65. The fourth-order valence-corrected chi connectivity index (χ4v) is 2.89. The quantitative estimate of drug-likeness (QED) is 0.868. The van der Waals surface area contributed by atoms with E-state index in [0.29, 0.717) is 5.92 Å². The van der Waals surface area contributed by atoms with Gasteiger partial charge in [-0.25, -0.2) is 0 Å². The van der Waals surface area contributed by atoms with E-state index < -0.39 is 5.60 Å². The number of aliphatic hydroxyl groups is 1. The summed E-state index contributed by atoms with van der Waals surface area (Å²) in [4.78, 5) is 0. The molecule has 1 aromatic carbocycles. The molecule has 3 heteroatoms. The van der Waals surface area contributed by atoms with E-state index in [1.54, 1.807) is 0 Å². The Morgan fingerprint density at radius 2 is 1.88 bits per heavy atom. The number of nitrogens with one attached hydrogen (secondary N) is 1. The van der Waals surface area contributed by atoms with E-state index in [-0.39, 0.29) is 0 Å². The Bertz CT molecular complexity index is 359. The molecule has 1 fully saturated rings. The number of hydrogen-bond donors (Lipinski definition) is 2. The van der Waals surface area contributed by atoms with Crippen molar-refractivity contribution in [2.75, 3.05) is 13.1 Å². The van der Waals surface area contributed by atoms with E-state index in [4.69, 9.17) is 11.6 Å². The molecule has 0 bridgehead atoms. The molecular formula is C14H20ClNO. The smallest absolute Gasteiger partial charge is 0.0922 e. The van der Waals surface area contributed by atoms with Crippen LogP contribution in [-0.2, 0) is 5.60 Å².